The highest BCUT2D eigenvalue weighted by molar-refractivity contribution is 6.94. The van der Waals surface area contributed by atoms with Crippen LogP contribution in [0.4, 0.5) is 28.4 Å². The van der Waals surface area contributed by atoms with Crippen LogP contribution in [-0.4, -0.2) is 6.85 Å². The van der Waals surface area contributed by atoms with E-state index < -0.39 is 0 Å². The van der Waals surface area contributed by atoms with Gasteiger partial charge in [-0.25, -0.2) is 0 Å². The summed E-state index contributed by atoms with van der Waals surface area (Å²) in [5, 5.41) is 2.30. The summed E-state index contributed by atoms with van der Waals surface area (Å²) in [5.41, 5.74) is 25.2. The van der Waals surface area contributed by atoms with Crippen molar-refractivity contribution in [2.24, 2.45) is 0 Å². The molecule has 0 radical (unpaired) electrons. The van der Waals surface area contributed by atoms with Crippen molar-refractivity contribution in [2.75, 3.05) is 9.71 Å². The van der Waals surface area contributed by atoms with Crippen LogP contribution in [0.1, 0.15) is 109 Å². The Morgan fingerprint density at radius 3 is 1.61 bits per heavy atom. The molecule has 4 heteroatoms. The van der Waals surface area contributed by atoms with Crippen LogP contribution in [0.5, 0.6) is 0 Å². The van der Waals surface area contributed by atoms with Crippen LogP contribution >= 0.6 is 0 Å². The monoisotopic (exact) mass is 896 g/mol. The molecule has 2 aliphatic carbocycles. The largest absolute Gasteiger partial charge is 0.455 e. The summed E-state index contributed by atoms with van der Waals surface area (Å²) in [6, 6.07) is 59.8. The van der Waals surface area contributed by atoms with Gasteiger partial charge in [0, 0.05) is 50.3 Å². The van der Waals surface area contributed by atoms with Gasteiger partial charge in [0.1, 0.15) is 11.2 Å². The molecule has 8 aromatic carbocycles. The van der Waals surface area contributed by atoms with E-state index in [1.54, 1.807) is 0 Å². The van der Waals surface area contributed by atoms with Crippen molar-refractivity contribution in [3.05, 3.63) is 186 Å². The molecule has 4 aliphatic rings. The van der Waals surface area contributed by atoms with Crippen molar-refractivity contribution in [1.82, 2.24) is 0 Å². The first-order valence-corrected chi connectivity index (χ1v) is 25.4. The molecule has 340 valence electrons. The first-order valence-electron chi connectivity index (χ1n) is 25.4. The number of benzene rings is 8. The number of aryl methyl sites for hydroxylation is 1. The van der Waals surface area contributed by atoms with Crippen molar-refractivity contribution in [3.8, 4) is 33.4 Å². The lowest BCUT2D eigenvalue weighted by Gasteiger charge is -2.49. The highest BCUT2D eigenvalue weighted by Crippen LogP contribution is 2.56. The average molecular weight is 897 g/mol. The van der Waals surface area contributed by atoms with E-state index >= 15 is 0 Å². The number of furan rings is 1. The number of rotatable bonds is 4. The Kier molecular flexibility index (Phi) is 8.97. The maximum atomic E-state index is 7.22. The zero-order valence-electron chi connectivity index (χ0n) is 41.7. The lowest BCUT2D eigenvalue weighted by molar-refractivity contribution is 0.331. The fourth-order valence-corrected chi connectivity index (χ4v) is 13.0. The average Bonchev–Trinajstić information content (AvgIpc) is 3.73. The van der Waals surface area contributed by atoms with E-state index in [2.05, 4.69) is 230 Å². The summed E-state index contributed by atoms with van der Waals surface area (Å²) in [5.74, 6) is 0. The molecule has 0 fully saturated rings. The van der Waals surface area contributed by atoms with Gasteiger partial charge in [0.2, 0.25) is 0 Å². The Bertz CT molecular complexity index is 3580. The predicted molar refractivity (Wildman–Crippen MR) is 294 cm³/mol. The van der Waals surface area contributed by atoms with Crippen LogP contribution < -0.4 is 20.6 Å². The van der Waals surface area contributed by atoms with Gasteiger partial charge in [-0.15, -0.1) is 0 Å². The van der Waals surface area contributed by atoms with E-state index in [4.69, 9.17) is 4.42 Å². The third-order valence-electron chi connectivity index (χ3n) is 17.3. The molecule has 0 atom stereocenters. The molecule has 9 aromatic rings. The molecule has 3 heterocycles. The van der Waals surface area contributed by atoms with E-state index in [9.17, 15) is 0 Å². The van der Waals surface area contributed by atoms with Crippen molar-refractivity contribution < 1.29 is 4.42 Å². The van der Waals surface area contributed by atoms with Crippen LogP contribution in [0.3, 0.4) is 0 Å². The Morgan fingerprint density at radius 2 is 0.971 bits per heavy atom. The SMILES string of the molecule is Cc1cc2c(cc1N1c3cc4c(cc3B3c5c1cc1c(oc6ccccc61)c5-c1cc(-c5ccccc5)ccc1N3c1ccc(-c3ccccc3)cc1)C(C)(C)CCC4(C)C)C(C)(C)CCC2(C)C. The number of hydrogen-bond acceptors (Lipinski definition) is 3. The molecule has 0 N–H and O–H groups in total. The number of hydrogen-bond donors (Lipinski definition) is 0. The quantitative estimate of drug-likeness (QED) is 0.164. The Hall–Kier alpha value is -6.78. The minimum atomic E-state index is -0.157. The summed E-state index contributed by atoms with van der Waals surface area (Å²) in [6.45, 7) is 22.0. The van der Waals surface area contributed by atoms with Gasteiger partial charge in [-0.2, -0.15) is 0 Å². The van der Waals surface area contributed by atoms with E-state index in [1.807, 2.05) is 0 Å². The summed E-state index contributed by atoms with van der Waals surface area (Å²) >= 11 is 0. The normalized spacial score (nSPS) is 17.8. The molecule has 1 aromatic heterocycles. The number of anilines is 5. The van der Waals surface area contributed by atoms with Crippen LogP contribution in [0, 0.1) is 6.92 Å². The maximum absolute atomic E-state index is 7.22. The van der Waals surface area contributed by atoms with Crippen molar-refractivity contribution >= 4 is 68.1 Å². The minimum Gasteiger partial charge on any atom is -0.455 e. The van der Waals surface area contributed by atoms with Crippen LogP contribution in [-0.2, 0) is 21.7 Å². The van der Waals surface area contributed by atoms with Crippen molar-refractivity contribution in [2.45, 2.75) is 110 Å². The third-order valence-corrected chi connectivity index (χ3v) is 17.3. The Balaban J connectivity index is 1.19. The molecule has 2 aliphatic heterocycles. The fraction of sp³-hybridized carbons (Fsp3) is 0.262. The van der Waals surface area contributed by atoms with Gasteiger partial charge in [-0.05, 0) is 164 Å². The van der Waals surface area contributed by atoms with Gasteiger partial charge < -0.3 is 14.1 Å². The molecular weight excluding hydrogens is 836 g/mol. The molecule has 0 spiro atoms. The van der Waals surface area contributed by atoms with Crippen LogP contribution in [0.15, 0.2) is 162 Å². The van der Waals surface area contributed by atoms with Gasteiger partial charge in [0.05, 0.1) is 0 Å². The standard InChI is InChI=1S/C65H61BN2O/c1-40-34-49-51(64(6,7)32-30-62(49,2)3)38-55(40)67-56-39-52-50(63(4,5)31-33-65(52,8)9)37-53(56)66-60-57(67)36-47-46-22-16-17-23-58(46)69-61(47)59(60)48-35-44(42-20-14-11-15-21-42)26-29-54(48)68(66)45-27-24-43(25-28-45)41-18-12-10-13-19-41/h10-29,34-39H,30-33H2,1-9H3. The highest BCUT2D eigenvalue weighted by Gasteiger charge is 2.49. The molecule has 69 heavy (non-hydrogen) atoms. The second-order valence-corrected chi connectivity index (χ2v) is 23.5. The minimum absolute atomic E-state index is 0.00712. The molecule has 3 nitrogen and oxygen atoms in total. The molecule has 13 rings (SSSR count). The fourth-order valence-electron chi connectivity index (χ4n) is 13.0. The molecular formula is C65H61BN2O. The van der Waals surface area contributed by atoms with Crippen LogP contribution in [0.2, 0.25) is 0 Å². The molecule has 0 saturated carbocycles. The molecule has 0 amide bonds. The zero-order chi connectivity index (χ0) is 47.4. The molecule has 0 unspecified atom stereocenters. The van der Waals surface area contributed by atoms with Gasteiger partial charge in [0.15, 0.2) is 0 Å². The lowest BCUT2D eigenvalue weighted by Crippen LogP contribution is -2.62. The van der Waals surface area contributed by atoms with E-state index in [0.717, 1.165) is 41.2 Å². The number of fused-ring (bicyclic) bond motifs is 10. The van der Waals surface area contributed by atoms with Gasteiger partial charge in [-0.1, -0.05) is 165 Å². The lowest BCUT2D eigenvalue weighted by atomic mass is 9.42. The third kappa shape index (κ3) is 6.26. The summed E-state index contributed by atoms with van der Waals surface area (Å²) in [7, 11) is 0. The predicted octanol–water partition coefficient (Wildman–Crippen LogP) is 16.6. The molecule has 0 saturated heterocycles. The van der Waals surface area contributed by atoms with Gasteiger partial charge in [0.25, 0.3) is 0 Å². The van der Waals surface area contributed by atoms with Crippen molar-refractivity contribution in [1.29, 1.82) is 0 Å². The maximum Gasteiger partial charge on any atom is 0.333 e. The smallest absolute Gasteiger partial charge is 0.333 e. The van der Waals surface area contributed by atoms with Crippen LogP contribution in [0.25, 0.3) is 55.3 Å². The number of nitrogens with zero attached hydrogens (tertiary/aromatic N) is 2. The zero-order valence-corrected chi connectivity index (χ0v) is 41.7. The van der Waals surface area contributed by atoms with E-state index in [-0.39, 0.29) is 28.5 Å². The first-order chi connectivity index (χ1) is 33.1. The first kappa shape index (κ1) is 42.3. The summed E-state index contributed by atoms with van der Waals surface area (Å²) in [6.07, 6.45) is 4.63. The highest BCUT2D eigenvalue weighted by atomic mass is 16.3. The van der Waals surface area contributed by atoms with Crippen molar-refractivity contribution in [3.63, 3.8) is 0 Å². The molecule has 0 bridgehead atoms. The Morgan fingerprint density at radius 1 is 0.449 bits per heavy atom. The van der Waals surface area contributed by atoms with Gasteiger partial charge >= 0.3 is 6.85 Å². The van der Waals surface area contributed by atoms with Gasteiger partial charge in [-0.3, -0.25) is 0 Å². The van der Waals surface area contributed by atoms with E-state index in [0.29, 0.717) is 0 Å². The summed E-state index contributed by atoms with van der Waals surface area (Å²) < 4.78 is 7.22. The second-order valence-electron chi connectivity index (χ2n) is 23.5. The Labute approximate surface area is 408 Å². The second kappa shape index (κ2) is 14.6. The summed E-state index contributed by atoms with van der Waals surface area (Å²) in [4.78, 5) is 5.38. The van der Waals surface area contributed by atoms with E-state index in [1.165, 1.54) is 107 Å². The number of para-hydroxylation sites is 1. The topological polar surface area (TPSA) is 19.6 Å².